The molecule has 2 aromatic carbocycles. The number of methoxy groups -OCH3 is 1. The highest BCUT2D eigenvalue weighted by Crippen LogP contribution is 2.43. The molecule has 0 unspecified atom stereocenters. The van der Waals surface area contributed by atoms with Gasteiger partial charge in [-0.25, -0.2) is 29.2 Å². The molecule has 79 heavy (non-hydrogen) atoms. The Labute approximate surface area is 449 Å². The SMILES string of the molecule is CNC(=O)O[C@H](C(=O)NN(Cc1ccc(-c2ccn(C(F)F)n2)cc1)C[C@H](O)[C@H](Cc1ccc(C#Cc2cnc(N3C[C@@H]4CC[C@@H](C3)N4C3COC3)nc2)cc1)NC(=O)[C@@H](NC(=O)OC)C(C)(C)C(F)(F)F)C(C)(C)C(F)(F)F. The van der Waals surface area contributed by atoms with Crippen LogP contribution >= 0.6 is 0 Å². The molecule has 3 aliphatic heterocycles. The minimum absolute atomic E-state index is 0.148. The standard InChI is InChI=1S/C52H61F8N11O8/c1-49(2,51(55,56)57)41(65-48(76)77-6)43(73)64-39(21-31-10-7-30(8-11-31)9-12-33-22-62-46(63-23-33)68-25-35-17-18-36(26-68)71(35)37-28-78-29-37)40(72)27-69(67-44(74)42(79-47(75)61-5)50(3,4)52(58,59)60)24-32-13-15-34(16-14-32)38-19-20-70(66-38)45(53)54/h7-8,10-11,13-16,19-20,22-23,35-37,39-42,45,72H,17-18,21,24-29H2,1-6H3,(H,61,75)(H,64,73)(H,65,76)(H,67,74)/t35-,36-,39-,40-,41+,42+/m0/s1. The Hall–Kier alpha value is -7.15. The number of benzene rings is 2. The summed E-state index contributed by atoms with van der Waals surface area (Å²) in [6.45, 7) is 1.48. The third-order valence-electron chi connectivity index (χ3n) is 14.4. The lowest BCUT2D eigenvalue weighted by molar-refractivity contribution is -0.239. The molecule has 3 aliphatic rings. The maximum absolute atomic E-state index is 14.6. The van der Waals surface area contributed by atoms with Crippen molar-refractivity contribution >= 4 is 29.9 Å². The molecule has 0 spiro atoms. The van der Waals surface area contributed by atoms with Crippen molar-refractivity contribution in [1.82, 2.24) is 51.0 Å². The average Bonchev–Trinajstić information content (AvgIpc) is 4.05. The Morgan fingerprint density at radius 1 is 0.797 bits per heavy atom. The number of amides is 4. The topological polar surface area (TPSA) is 218 Å². The molecule has 2 bridgehead atoms. The maximum Gasteiger partial charge on any atom is 0.407 e. The number of anilines is 1. The quantitative estimate of drug-likeness (QED) is 0.0431. The van der Waals surface area contributed by atoms with E-state index in [-0.39, 0.29) is 17.7 Å². The highest BCUT2D eigenvalue weighted by molar-refractivity contribution is 5.87. The number of hydrogen-bond donors (Lipinski definition) is 5. The third kappa shape index (κ3) is 14.2. The van der Waals surface area contributed by atoms with E-state index < -0.39 is 91.1 Å². The van der Waals surface area contributed by atoms with Crippen molar-refractivity contribution in [1.29, 1.82) is 0 Å². The molecule has 19 nitrogen and oxygen atoms in total. The van der Waals surface area contributed by atoms with Crippen molar-refractivity contribution in [2.75, 3.05) is 51.9 Å². The summed E-state index contributed by atoms with van der Waals surface area (Å²) in [6, 6.07) is 10.8. The molecular weight excluding hydrogens is 1060 g/mol. The molecule has 3 fully saturated rings. The first-order valence-corrected chi connectivity index (χ1v) is 25.0. The Morgan fingerprint density at radius 3 is 1.92 bits per heavy atom. The van der Waals surface area contributed by atoms with Gasteiger partial charge in [0.15, 0.2) is 6.10 Å². The van der Waals surface area contributed by atoms with Crippen LogP contribution < -0.4 is 26.3 Å². The highest BCUT2D eigenvalue weighted by Gasteiger charge is 2.58. The summed E-state index contributed by atoms with van der Waals surface area (Å²) >= 11 is 0. The smallest absolute Gasteiger partial charge is 0.407 e. The van der Waals surface area contributed by atoms with Crippen molar-refractivity contribution in [3.05, 3.63) is 95.4 Å². The van der Waals surface area contributed by atoms with Gasteiger partial charge in [0.05, 0.1) is 55.2 Å². The molecular formula is C52H61F8N11O8. The van der Waals surface area contributed by atoms with Crippen LogP contribution in [0.25, 0.3) is 11.3 Å². The minimum atomic E-state index is -5.14. The fourth-order valence-electron chi connectivity index (χ4n) is 9.39. The maximum atomic E-state index is 14.6. The van der Waals surface area contributed by atoms with E-state index in [0.717, 1.165) is 64.5 Å². The largest absolute Gasteiger partial charge is 0.453 e. The Morgan fingerprint density at radius 2 is 1.39 bits per heavy atom. The number of hydrogen-bond acceptors (Lipinski definition) is 14. The first-order chi connectivity index (χ1) is 37.2. The summed E-state index contributed by atoms with van der Waals surface area (Å²) in [6.07, 6.45) is -11.4. The zero-order valence-electron chi connectivity index (χ0n) is 43.9. The number of carbonyl (C=O) groups is 4. The van der Waals surface area contributed by atoms with Gasteiger partial charge in [0.2, 0.25) is 11.9 Å². The van der Waals surface area contributed by atoms with Crippen molar-refractivity contribution in [2.45, 2.75) is 115 Å². The highest BCUT2D eigenvalue weighted by atomic mass is 19.4. The molecule has 0 saturated carbocycles. The molecule has 7 rings (SSSR count). The lowest BCUT2D eigenvalue weighted by Gasteiger charge is -2.47. The van der Waals surface area contributed by atoms with Gasteiger partial charge >= 0.3 is 31.1 Å². The van der Waals surface area contributed by atoms with E-state index in [1.807, 2.05) is 10.6 Å². The summed E-state index contributed by atoms with van der Waals surface area (Å²) in [5.41, 5.74) is -1.53. The van der Waals surface area contributed by atoms with E-state index in [1.54, 1.807) is 36.7 Å². The second-order valence-corrected chi connectivity index (χ2v) is 20.6. The number of aliphatic hydroxyl groups is 1. The molecule has 5 N–H and O–H groups in total. The zero-order chi connectivity index (χ0) is 57.6. The Bertz CT molecular complexity index is 2810. The molecule has 4 aromatic rings. The number of piperazine rings is 1. The van der Waals surface area contributed by atoms with Crippen LogP contribution in [0.2, 0.25) is 0 Å². The predicted octanol–water partition coefficient (Wildman–Crippen LogP) is 5.73. The van der Waals surface area contributed by atoms with Gasteiger partial charge in [-0.15, -0.1) is 0 Å². The summed E-state index contributed by atoms with van der Waals surface area (Å²) in [4.78, 5) is 66.8. The summed E-state index contributed by atoms with van der Waals surface area (Å²) in [5, 5.41) is 23.2. The number of alkyl halides is 8. The average molecular weight is 1120 g/mol. The molecule has 5 heterocycles. The number of ether oxygens (including phenoxy) is 3. The minimum Gasteiger partial charge on any atom is -0.453 e. The van der Waals surface area contributed by atoms with Crippen molar-refractivity contribution in [3.63, 3.8) is 0 Å². The molecule has 6 atom stereocenters. The van der Waals surface area contributed by atoms with Crippen LogP contribution in [0.1, 0.15) is 69.3 Å². The van der Waals surface area contributed by atoms with E-state index in [1.165, 1.54) is 30.3 Å². The van der Waals surface area contributed by atoms with Gasteiger partial charge in [-0.3, -0.25) is 19.9 Å². The first-order valence-electron chi connectivity index (χ1n) is 25.0. The van der Waals surface area contributed by atoms with Crippen molar-refractivity contribution in [3.8, 4) is 23.1 Å². The van der Waals surface area contributed by atoms with E-state index in [9.17, 15) is 59.4 Å². The van der Waals surface area contributed by atoms with Crippen LogP contribution in [-0.2, 0) is 36.8 Å². The number of aliphatic hydroxyl groups excluding tert-OH is 1. The van der Waals surface area contributed by atoms with Gasteiger partial charge in [0.25, 0.3) is 5.91 Å². The van der Waals surface area contributed by atoms with Crippen molar-refractivity contribution in [2.24, 2.45) is 10.8 Å². The normalized spacial score (nSPS) is 18.6. The number of nitrogens with zero attached hydrogens (tertiary/aromatic N) is 7. The van der Waals surface area contributed by atoms with E-state index >= 15 is 0 Å². The molecule has 27 heteroatoms. The van der Waals surface area contributed by atoms with Gasteiger partial charge in [0.1, 0.15) is 11.5 Å². The summed E-state index contributed by atoms with van der Waals surface area (Å²) in [7, 11) is 1.91. The molecule has 0 aliphatic carbocycles. The number of hydrazine groups is 1. The fourth-order valence-corrected chi connectivity index (χ4v) is 9.39. The van der Waals surface area contributed by atoms with Crippen LogP contribution in [-0.4, -0.2) is 161 Å². The van der Waals surface area contributed by atoms with Crippen LogP contribution in [0.3, 0.4) is 0 Å². The molecule has 4 amide bonds. The second kappa shape index (κ2) is 24.5. The Balaban J connectivity index is 1.15. The van der Waals surface area contributed by atoms with Gasteiger partial charge in [-0.05, 0) is 76.3 Å². The third-order valence-corrected chi connectivity index (χ3v) is 14.4. The zero-order valence-corrected chi connectivity index (χ0v) is 43.9. The number of aromatic nitrogens is 4. The number of carbonyl (C=O) groups excluding carboxylic acids is 4. The van der Waals surface area contributed by atoms with E-state index in [0.29, 0.717) is 78.7 Å². The fraction of sp³-hybridized carbons (Fsp3) is 0.519. The number of fused-ring (bicyclic) bond motifs is 2. The first kappa shape index (κ1) is 59.5. The van der Waals surface area contributed by atoms with E-state index in [2.05, 4.69) is 52.2 Å². The number of nitrogens with one attached hydrogen (secondary N) is 4. The van der Waals surface area contributed by atoms with Crippen LogP contribution in [0.5, 0.6) is 0 Å². The molecule has 0 radical (unpaired) electrons. The monoisotopic (exact) mass is 1120 g/mol. The second-order valence-electron chi connectivity index (χ2n) is 20.6. The van der Waals surface area contributed by atoms with E-state index in [4.69, 9.17) is 9.47 Å². The van der Waals surface area contributed by atoms with Gasteiger partial charge in [-0.2, -0.15) is 40.2 Å². The van der Waals surface area contributed by atoms with Gasteiger partial charge in [0, 0.05) is 75.0 Å². The Kier molecular flexibility index (Phi) is 18.4. The molecule has 3 saturated heterocycles. The number of halogens is 8. The van der Waals surface area contributed by atoms with Crippen LogP contribution in [0.4, 0.5) is 50.7 Å². The lowest BCUT2D eigenvalue weighted by atomic mass is 9.82. The van der Waals surface area contributed by atoms with Gasteiger partial charge in [-0.1, -0.05) is 48.2 Å². The van der Waals surface area contributed by atoms with Gasteiger partial charge < -0.3 is 40.2 Å². The predicted molar refractivity (Wildman–Crippen MR) is 267 cm³/mol. The van der Waals surface area contributed by atoms with Crippen LogP contribution in [0.15, 0.2) is 73.2 Å². The molecule has 2 aromatic heterocycles. The number of alkyl carbamates (subject to hydrolysis) is 2. The van der Waals surface area contributed by atoms with Crippen LogP contribution in [0, 0.1) is 22.7 Å². The summed E-state index contributed by atoms with van der Waals surface area (Å²) < 4.78 is 129. The molecule has 428 valence electrons. The number of rotatable bonds is 19. The summed E-state index contributed by atoms with van der Waals surface area (Å²) in [5.74, 6) is 3.68. The van der Waals surface area contributed by atoms with Crippen molar-refractivity contribution < 1.29 is 73.6 Å². The lowest BCUT2D eigenvalue weighted by Crippen LogP contribution is -2.62.